The molecule has 0 aromatic carbocycles. The molecule has 0 amide bonds. The van der Waals surface area contributed by atoms with Crippen molar-refractivity contribution in [1.82, 2.24) is 9.97 Å². The summed E-state index contributed by atoms with van der Waals surface area (Å²) in [6.45, 7) is 0. The van der Waals surface area contributed by atoms with Crippen LogP contribution in [0.5, 0.6) is 0 Å². The van der Waals surface area contributed by atoms with Gasteiger partial charge in [0.25, 0.3) is 0 Å². The number of pyridine rings is 1. The molecule has 0 spiro atoms. The van der Waals surface area contributed by atoms with E-state index in [0.29, 0.717) is 10.6 Å². The molecule has 2 aromatic heterocycles. The second kappa shape index (κ2) is 3.55. The van der Waals surface area contributed by atoms with Crippen molar-refractivity contribution < 1.29 is 9.90 Å². The van der Waals surface area contributed by atoms with Crippen molar-refractivity contribution in [3.8, 4) is 10.6 Å². The van der Waals surface area contributed by atoms with E-state index in [2.05, 4.69) is 9.97 Å². The minimum Gasteiger partial charge on any atom is -0.478 e. The predicted molar refractivity (Wildman–Crippen MR) is 52.3 cm³/mol. The van der Waals surface area contributed by atoms with Gasteiger partial charge in [0, 0.05) is 29.5 Å². The van der Waals surface area contributed by atoms with Crippen molar-refractivity contribution >= 4 is 17.3 Å². The zero-order chi connectivity index (χ0) is 9.97. The average molecular weight is 206 g/mol. The third-order valence-electron chi connectivity index (χ3n) is 1.71. The van der Waals surface area contributed by atoms with Crippen molar-refractivity contribution in [3.63, 3.8) is 0 Å². The molecule has 14 heavy (non-hydrogen) atoms. The maximum atomic E-state index is 10.9. The van der Waals surface area contributed by atoms with Crippen LogP contribution in [-0.2, 0) is 0 Å². The number of aromatic nitrogens is 2. The van der Waals surface area contributed by atoms with Crippen LogP contribution < -0.4 is 0 Å². The van der Waals surface area contributed by atoms with E-state index < -0.39 is 5.97 Å². The summed E-state index contributed by atoms with van der Waals surface area (Å²) in [4.78, 5) is 18.7. The fourth-order valence-corrected chi connectivity index (χ4v) is 1.79. The van der Waals surface area contributed by atoms with Gasteiger partial charge in [-0.15, -0.1) is 11.3 Å². The van der Waals surface area contributed by atoms with Crippen LogP contribution >= 0.6 is 11.3 Å². The number of nitrogens with zero attached hydrogens (tertiary/aromatic N) is 2. The van der Waals surface area contributed by atoms with Crippen molar-refractivity contribution in [2.24, 2.45) is 0 Å². The Morgan fingerprint density at radius 1 is 1.43 bits per heavy atom. The van der Waals surface area contributed by atoms with Crippen molar-refractivity contribution in [2.75, 3.05) is 0 Å². The fourth-order valence-electron chi connectivity index (χ4n) is 1.11. The molecule has 0 bridgehead atoms. The van der Waals surface area contributed by atoms with E-state index in [9.17, 15) is 4.79 Å². The van der Waals surface area contributed by atoms with Gasteiger partial charge in [0.15, 0.2) is 0 Å². The number of hydrogen-bond donors (Lipinski definition) is 1. The first-order valence-corrected chi connectivity index (χ1v) is 4.74. The van der Waals surface area contributed by atoms with Gasteiger partial charge in [0.2, 0.25) is 0 Å². The molecule has 2 rings (SSSR count). The molecule has 1 N–H and O–H groups in total. The molecule has 0 aliphatic rings. The van der Waals surface area contributed by atoms with Gasteiger partial charge in [0.05, 0.1) is 5.56 Å². The molecule has 0 radical (unpaired) electrons. The van der Waals surface area contributed by atoms with Crippen LogP contribution in [0.2, 0.25) is 0 Å². The Hall–Kier alpha value is -1.75. The highest BCUT2D eigenvalue weighted by molar-refractivity contribution is 7.13. The van der Waals surface area contributed by atoms with Gasteiger partial charge in [-0.2, -0.15) is 0 Å². The maximum Gasteiger partial charge on any atom is 0.337 e. The molecule has 70 valence electrons. The van der Waals surface area contributed by atoms with Crippen LogP contribution in [0.1, 0.15) is 10.4 Å². The molecule has 5 heteroatoms. The standard InChI is InChI=1S/C9H6N2O2S/c12-9(13)7-5-10-2-1-6(7)8-11-3-4-14-8/h1-5H,(H,12,13). The van der Waals surface area contributed by atoms with Gasteiger partial charge in [-0.05, 0) is 6.07 Å². The number of hydrogen-bond acceptors (Lipinski definition) is 4. The molecular weight excluding hydrogens is 200 g/mol. The normalized spacial score (nSPS) is 10.0. The molecule has 0 fully saturated rings. The Bertz CT molecular complexity index is 454. The predicted octanol–water partition coefficient (Wildman–Crippen LogP) is 1.90. The number of carboxylic acids is 1. The molecule has 2 aromatic rings. The summed E-state index contributed by atoms with van der Waals surface area (Å²) < 4.78 is 0. The number of carbonyl (C=O) groups is 1. The first-order chi connectivity index (χ1) is 6.79. The van der Waals surface area contributed by atoms with E-state index in [1.807, 2.05) is 0 Å². The Kier molecular flexibility index (Phi) is 2.24. The van der Waals surface area contributed by atoms with Crippen molar-refractivity contribution in [1.29, 1.82) is 0 Å². The second-order valence-corrected chi connectivity index (χ2v) is 3.46. The lowest BCUT2D eigenvalue weighted by atomic mass is 10.1. The average Bonchev–Trinajstić information content (AvgIpc) is 2.70. The van der Waals surface area contributed by atoms with E-state index in [-0.39, 0.29) is 5.56 Å². The zero-order valence-corrected chi connectivity index (χ0v) is 7.86. The number of thiazole rings is 1. The summed E-state index contributed by atoms with van der Waals surface area (Å²) in [5.41, 5.74) is 0.796. The highest BCUT2D eigenvalue weighted by Crippen LogP contribution is 2.24. The lowest BCUT2D eigenvalue weighted by Crippen LogP contribution is -1.99. The van der Waals surface area contributed by atoms with Crippen LogP contribution in [0.25, 0.3) is 10.6 Å². The molecule has 0 atom stereocenters. The first kappa shape index (κ1) is 8.83. The van der Waals surface area contributed by atoms with E-state index in [1.54, 1.807) is 23.8 Å². The third-order valence-corrected chi connectivity index (χ3v) is 2.52. The Labute approximate surface area is 83.9 Å². The molecule has 0 aliphatic heterocycles. The zero-order valence-electron chi connectivity index (χ0n) is 7.04. The Morgan fingerprint density at radius 3 is 2.93 bits per heavy atom. The second-order valence-electron chi connectivity index (χ2n) is 2.56. The Balaban J connectivity index is 2.58. The number of carboxylic acid groups (broad SMARTS) is 1. The SMILES string of the molecule is O=C(O)c1cnccc1-c1nccs1. The minimum atomic E-state index is -0.983. The van der Waals surface area contributed by atoms with Gasteiger partial charge in [-0.3, -0.25) is 4.98 Å². The van der Waals surface area contributed by atoms with E-state index in [1.165, 1.54) is 17.5 Å². The maximum absolute atomic E-state index is 10.9. The molecule has 4 nitrogen and oxygen atoms in total. The first-order valence-electron chi connectivity index (χ1n) is 3.86. The van der Waals surface area contributed by atoms with Gasteiger partial charge < -0.3 is 5.11 Å². The van der Waals surface area contributed by atoms with E-state index >= 15 is 0 Å². The molecule has 0 unspecified atom stereocenters. The highest BCUT2D eigenvalue weighted by Gasteiger charge is 2.12. The number of aromatic carboxylic acids is 1. The topological polar surface area (TPSA) is 63.1 Å². The number of rotatable bonds is 2. The van der Waals surface area contributed by atoms with E-state index in [0.717, 1.165) is 0 Å². The van der Waals surface area contributed by atoms with Crippen LogP contribution in [0.4, 0.5) is 0 Å². The van der Waals surface area contributed by atoms with Crippen LogP contribution in [0.3, 0.4) is 0 Å². The summed E-state index contributed by atoms with van der Waals surface area (Å²) in [6.07, 6.45) is 4.54. The monoisotopic (exact) mass is 206 g/mol. The molecule has 0 saturated heterocycles. The van der Waals surface area contributed by atoms with E-state index in [4.69, 9.17) is 5.11 Å². The largest absolute Gasteiger partial charge is 0.478 e. The molecular formula is C9H6N2O2S. The van der Waals surface area contributed by atoms with Gasteiger partial charge >= 0.3 is 5.97 Å². The molecule has 2 heterocycles. The van der Waals surface area contributed by atoms with Crippen LogP contribution in [0, 0.1) is 0 Å². The smallest absolute Gasteiger partial charge is 0.337 e. The van der Waals surface area contributed by atoms with Crippen LogP contribution in [0.15, 0.2) is 30.0 Å². The van der Waals surface area contributed by atoms with Gasteiger partial charge in [0.1, 0.15) is 5.01 Å². The third kappa shape index (κ3) is 1.49. The van der Waals surface area contributed by atoms with Gasteiger partial charge in [-0.25, -0.2) is 9.78 Å². The van der Waals surface area contributed by atoms with Gasteiger partial charge in [-0.1, -0.05) is 0 Å². The summed E-state index contributed by atoms with van der Waals surface area (Å²) in [7, 11) is 0. The summed E-state index contributed by atoms with van der Waals surface area (Å²) >= 11 is 1.41. The van der Waals surface area contributed by atoms with Crippen molar-refractivity contribution in [3.05, 3.63) is 35.6 Å². The quantitative estimate of drug-likeness (QED) is 0.815. The molecule has 0 aliphatic carbocycles. The molecule has 0 saturated carbocycles. The lowest BCUT2D eigenvalue weighted by molar-refractivity contribution is 0.0697. The fraction of sp³-hybridized carbons (Fsp3) is 0. The van der Waals surface area contributed by atoms with Crippen molar-refractivity contribution in [2.45, 2.75) is 0 Å². The Morgan fingerprint density at radius 2 is 2.29 bits per heavy atom. The highest BCUT2D eigenvalue weighted by atomic mass is 32.1. The summed E-state index contributed by atoms with van der Waals surface area (Å²) in [5.74, 6) is -0.983. The lowest BCUT2D eigenvalue weighted by Gasteiger charge is -2.00. The minimum absolute atomic E-state index is 0.183. The van der Waals surface area contributed by atoms with Crippen LogP contribution in [-0.4, -0.2) is 21.0 Å². The summed E-state index contributed by atoms with van der Waals surface area (Å²) in [6, 6.07) is 1.66. The summed E-state index contributed by atoms with van der Waals surface area (Å²) in [5, 5.41) is 11.4.